The zero-order chi connectivity index (χ0) is 24.9. The Morgan fingerprint density at radius 1 is 0.800 bits per heavy atom. The van der Waals surface area contributed by atoms with E-state index in [0.29, 0.717) is 17.7 Å². The Balaban J connectivity index is 1.42. The molecule has 2 N–H and O–H groups in total. The van der Waals surface area contributed by atoms with Crippen molar-refractivity contribution < 1.29 is 14.7 Å². The summed E-state index contributed by atoms with van der Waals surface area (Å²) in [6.07, 6.45) is 0. The lowest BCUT2D eigenvalue weighted by molar-refractivity contribution is 0.0949. The molecule has 5 heteroatoms. The molecular weight excluding hydrogens is 436 g/mol. The summed E-state index contributed by atoms with van der Waals surface area (Å²) in [5, 5.41) is 12.4. The van der Waals surface area contributed by atoms with E-state index in [4.69, 9.17) is 0 Å². The standard InChI is InChI=1S/C30H28N2O3/c1-20-6-4-7-21(2)28(20)30(35)32(3)26-9-5-8-22(18-26)19-31-29(34)25-12-10-23(11-13-25)24-14-16-27(33)17-15-24/h4-18,33H,19H2,1-3H3,(H,31,34). The van der Waals surface area contributed by atoms with E-state index in [1.54, 1.807) is 36.2 Å². The van der Waals surface area contributed by atoms with E-state index < -0.39 is 0 Å². The fraction of sp³-hybridized carbons (Fsp3) is 0.133. The molecule has 0 saturated carbocycles. The minimum Gasteiger partial charge on any atom is -0.508 e. The summed E-state index contributed by atoms with van der Waals surface area (Å²) in [6, 6.07) is 27.7. The zero-order valence-corrected chi connectivity index (χ0v) is 20.1. The van der Waals surface area contributed by atoms with Crippen molar-refractivity contribution >= 4 is 17.5 Å². The third kappa shape index (κ3) is 5.41. The number of nitrogens with one attached hydrogen (secondary N) is 1. The maximum atomic E-state index is 13.1. The van der Waals surface area contributed by atoms with Gasteiger partial charge in [0.15, 0.2) is 0 Å². The summed E-state index contributed by atoms with van der Waals surface area (Å²) in [6.45, 7) is 4.23. The van der Waals surface area contributed by atoms with Crippen molar-refractivity contribution in [2.75, 3.05) is 11.9 Å². The van der Waals surface area contributed by atoms with Crippen molar-refractivity contribution in [2.24, 2.45) is 0 Å². The van der Waals surface area contributed by atoms with Gasteiger partial charge in [0.1, 0.15) is 5.75 Å². The maximum absolute atomic E-state index is 13.1. The molecule has 4 aromatic rings. The monoisotopic (exact) mass is 464 g/mol. The van der Waals surface area contributed by atoms with E-state index in [-0.39, 0.29) is 17.6 Å². The van der Waals surface area contributed by atoms with E-state index in [2.05, 4.69) is 5.32 Å². The number of phenols is 1. The molecule has 0 bridgehead atoms. The lowest BCUT2D eigenvalue weighted by Gasteiger charge is -2.20. The lowest BCUT2D eigenvalue weighted by Crippen LogP contribution is -2.28. The number of carbonyl (C=O) groups is 2. The highest BCUT2D eigenvalue weighted by molar-refractivity contribution is 6.07. The molecule has 0 aromatic heterocycles. The third-order valence-corrected chi connectivity index (χ3v) is 6.10. The highest BCUT2D eigenvalue weighted by atomic mass is 16.3. The van der Waals surface area contributed by atoms with Gasteiger partial charge in [0.2, 0.25) is 0 Å². The topological polar surface area (TPSA) is 69.6 Å². The van der Waals surface area contributed by atoms with Gasteiger partial charge in [-0.2, -0.15) is 0 Å². The molecule has 5 nitrogen and oxygen atoms in total. The molecule has 2 amide bonds. The number of anilines is 1. The summed E-state index contributed by atoms with van der Waals surface area (Å²) in [4.78, 5) is 27.5. The van der Waals surface area contributed by atoms with Crippen LogP contribution in [0.25, 0.3) is 11.1 Å². The Morgan fingerprint density at radius 3 is 2.00 bits per heavy atom. The summed E-state index contributed by atoms with van der Waals surface area (Å²) >= 11 is 0. The van der Waals surface area contributed by atoms with Crippen LogP contribution in [0.5, 0.6) is 5.75 Å². The van der Waals surface area contributed by atoms with Gasteiger partial charge in [-0.25, -0.2) is 0 Å². The average Bonchev–Trinajstić information content (AvgIpc) is 2.87. The van der Waals surface area contributed by atoms with Gasteiger partial charge >= 0.3 is 0 Å². The molecule has 0 aliphatic carbocycles. The SMILES string of the molecule is Cc1cccc(C)c1C(=O)N(C)c1cccc(CNC(=O)c2ccc(-c3ccc(O)cc3)cc2)c1. The Kier molecular flexibility index (Phi) is 6.97. The number of phenolic OH excluding ortho intramolecular Hbond substituents is 1. The number of hydrogen-bond acceptors (Lipinski definition) is 3. The van der Waals surface area contributed by atoms with E-state index in [9.17, 15) is 14.7 Å². The minimum atomic E-state index is -0.173. The van der Waals surface area contributed by atoms with Crippen LogP contribution < -0.4 is 10.2 Å². The van der Waals surface area contributed by atoms with Crippen LogP contribution in [-0.2, 0) is 6.54 Å². The first kappa shape index (κ1) is 23.8. The molecule has 4 aromatic carbocycles. The fourth-order valence-corrected chi connectivity index (χ4v) is 4.06. The third-order valence-electron chi connectivity index (χ3n) is 6.10. The van der Waals surface area contributed by atoms with Crippen LogP contribution in [0, 0.1) is 13.8 Å². The molecule has 35 heavy (non-hydrogen) atoms. The van der Waals surface area contributed by atoms with Gasteiger partial charge in [0, 0.05) is 30.4 Å². The van der Waals surface area contributed by atoms with Crippen molar-refractivity contribution in [1.82, 2.24) is 5.32 Å². The second-order valence-electron chi connectivity index (χ2n) is 8.61. The fourth-order valence-electron chi connectivity index (χ4n) is 4.06. The second-order valence-corrected chi connectivity index (χ2v) is 8.61. The number of rotatable bonds is 6. The van der Waals surface area contributed by atoms with Gasteiger partial charge in [-0.15, -0.1) is 0 Å². The second kappa shape index (κ2) is 10.3. The van der Waals surface area contributed by atoms with E-state index in [0.717, 1.165) is 33.5 Å². The van der Waals surface area contributed by atoms with Gasteiger partial charge in [-0.1, -0.05) is 54.6 Å². The quantitative estimate of drug-likeness (QED) is 0.374. The van der Waals surface area contributed by atoms with Crippen LogP contribution in [0.2, 0.25) is 0 Å². The molecule has 0 fully saturated rings. The highest BCUT2D eigenvalue weighted by Crippen LogP contribution is 2.23. The molecule has 176 valence electrons. The smallest absolute Gasteiger partial charge is 0.258 e. The van der Waals surface area contributed by atoms with Crippen molar-refractivity contribution in [1.29, 1.82) is 0 Å². The van der Waals surface area contributed by atoms with Gasteiger partial charge < -0.3 is 15.3 Å². The first-order chi connectivity index (χ1) is 16.8. The Labute approximate surface area is 205 Å². The summed E-state index contributed by atoms with van der Waals surface area (Å²) in [5.41, 5.74) is 6.76. The van der Waals surface area contributed by atoms with Crippen molar-refractivity contribution in [3.05, 3.63) is 119 Å². The molecule has 0 spiro atoms. The molecule has 0 aliphatic heterocycles. The Morgan fingerprint density at radius 2 is 1.37 bits per heavy atom. The summed E-state index contributed by atoms with van der Waals surface area (Å²) in [7, 11) is 1.77. The number of aryl methyl sites for hydroxylation is 2. The maximum Gasteiger partial charge on any atom is 0.258 e. The van der Waals surface area contributed by atoms with Crippen LogP contribution in [0.3, 0.4) is 0 Å². The Hall–Kier alpha value is -4.38. The van der Waals surface area contributed by atoms with Gasteiger partial charge in [0.05, 0.1) is 0 Å². The normalized spacial score (nSPS) is 10.6. The summed E-state index contributed by atoms with van der Waals surface area (Å²) < 4.78 is 0. The molecule has 4 rings (SSSR count). The van der Waals surface area contributed by atoms with Gasteiger partial charge in [0.25, 0.3) is 11.8 Å². The van der Waals surface area contributed by atoms with Crippen LogP contribution in [-0.4, -0.2) is 24.0 Å². The molecule has 0 heterocycles. The van der Waals surface area contributed by atoms with Crippen LogP contribution in [0.15, 0.2) is 91.0 Å². The number of benzene rings is 4. The number of carbonyl (C=O) groups excluding carboxylic acids is 2. The lowest BCUT2D eigenvalue weighted by atomic mass is 10.0. The molecular formula is C30H28N2O3. The molecule has 0 radical (unpaired) electrons. The van der Waals surface area contributed by atoms with E-state index in [1.165, 1.54) is 0 Å². The Bertz CT molecular complexity index is 1340. The van der Waals surface area contributed by atoms with E-state index in [1.807, 2.05) is 80.6 Å². The summed E-state index contributed by atoms with van der Waals surface area (Å²) in [5.74, 6) is -0.0159. The number of amides is 2. The number of hydrogen-bond donors (Lipinski definition) is 2. The van der Waals surface area contributed by atoms with Crippen molar-refractivity contribution in [3.63, 3.8) is 0 Å². The number of nitrogens with zero attached hydrogens (tertiary/aromatic N) is 1. The molecule has 0 atom stereocenters. The minimum absolute atomic E-state index is 0.0597. The zero-order valence-electron chi connectivity index (χ0n) is 20.1. The first-order valence-corrected chi connectivity index (χ1v) is 11.4. The average molecular weight is 465 g/mol. The van der Waals surface area contributed by atoms with Gasteiger partial charge in [-0.3, -0.25) is 9.59 Å². The van der Waals surface area contributed by atoms with Gasteiger partial charge in [-0.05, 0) is 78.1 Å². The van der Waals surface area contributed by atoms with Crippen molar-refractivity contribution in [3.8, 4) is 16.9 Å². The molecule has 0 aliphatic rings. The highest BCUT2D eigenvalue weighted by Gasteiger charge is 2.18. The van der Waals surface area contributed by atoms with Crippen molar-refractivity contribution in [2.45, 2.75) is 20.4 Å². The van der Waals surface area contributed by atoms with Crippen LogP contribution in [0.4, 0.5) is 5.69 Å². The molecule has 0 saturated heterocycles. The van der Waals surface area contributed by atoms with Crippen LogP contribution >= 0.6 is 0 Å². The number of aromatic hydroxyl groups is 1. The predicted octanol–water partition coefficient (Wildman–Crippen LogP) is 5.88. The predicted molar refractivity (Wildman–Crippen MR) is 140 cm³/mol. The first-order valence-electron chi connectivity index (χ1n) is 11.4. The van der Waals surface area contributed by atoms with E-state index >= 15 is 0 Å². The molecule has 0 unspecified atom stereocenters. The van der Waals surface area contributed by atoms with Crippen LogP contribution in [0.1, 0.15) is 37.4 Å². The largest absolute Gasteiger partial charge is 0.508 e.